The third-order valence-corrected chi connectivity index (χ3v) is 5.40. The molecule has 6 nitrogen and oxygen atoms in total. The summed E-state index contributed by atoms with van der Waals surface area (Å²) in [6.07, 6.45) is 1.92. The van der Waals surface area contributed by atoms with Gasteiger partial charge in [-0.15, -0.1) is 0 Å². The molecule has 3 aromatic rings. The van der Waals surface area contributed by atoms with Crippen molar-refractivity contribution in [1.29, 1.82) is 0 Å². The number of rotatable bonds is 7. The molecule has 150 valence electrons. The van der Waals surface area contributed by atoms with Crippen LogP contribution >= 0.6 is 11.8 Å². The maximum atomic E-state index is 13.5. The van der Waals surface area contributed by atoms with Crippen LogP contribution in [0.25, 0.3) is 11.0 Å². The van der Waals surface area contributed by atoms with Crippen LogP contribution in [0.4, 0.5) is 14.5 Å². The lowest BCUT2D eigenvalue weighted by Crippen LogP contribution is -2.27. The summed E-state index contributed by atoms with van der Waals surface area (Å²) in [7, 11) is 0. The first-order valence-electron chi connectivity index (χ1n) is 9.10. The van der Waals surface area contributed by atoms with Crippen molar-refractivity contribution in [1.82, 2.24) is 14.9 Å². The largest absolute Gasteiger partial charge is 0.349 e. The Kier molecular flexibility index (Phi) is 5.48. The maximum Gasteiger partial charge on any atom is 0.321 e. The lowest BCUT2D eigenvalue weighted by atomic mass is 10.1. The number of amides is 2. The minimum absolute atomic E-state index is 0.0658. The molecule has 1 aromatic heterocycles. The molecule has 4 rings (SSSR count). The number of carbonyl (C=O) groups is 2. The number of halogens is 2. The topological polar surface area (TPSA) is 76.0 Å². The average Bonchev–Trinajstić information content (AvgIpc) is 3.43. The van der Waals surface area contributed by atoms with Gasteiger partial charge in [-0.2, -0.15) is 8.78 Å². The molecule has 0 spiro atoms. The molecule has 0 unspecified atom stereocenters. The van der Waals surface area contributed by atoms with Crippen molar-refractivity contribution >= 4 is 40.3 Å². The zero-order valence-corrected chi connectivity index (χ0v) is 16.1. The summed E-state index contributed by atoms with van der Waals surface area (Å²) in [4.78, 5) is 28.9. The van der Waals surface area contributed by atoms with Gasteiger partial charge in [0.2, 0.25) is 5.91 Å². The first-order valence-corrected chi connectivity index (χ1v) is 10.1. The Balaban J connectivity index is 1.46. The zero-order valence-electron chi connectivity index (χ0n) is 15.3. The molecule has 0 saturated heterocycles. The predicted octanol–water partition coefficient (Wildman–Crippen LogP) is 4.05. The molecular formula is C20H18F2N4O2S. The minimum Gasteiger partial charge on any atom is -0.349 e. The SMILES string of the molecule is O=C(CSc1nc2ccccc2n1C(F)F)Nc1ccccc1C(=O)NC1CC1. The van der Waals surface area contributed by atoms with E-state index in [4.69, 9.17) is 0 Å². The minimum atomic E-state index is -2.76. The van der Waals surface area contributed by atoms with E-state index in [2.05, 4.69) is 15.6 Å². The third-order valence-electron chi connectivity index (χ3n) is 4.45. The number of benzene rings is 2. The summed E-state index contributed by atoms with van der Waals surface area (Å²) in [6.45, 7) is -2.76. The van der Waals surface area contributed by atoms with Crippen molar-refractivity contribution in [2.45, 2.75) is 30.6 Å². The Labute approximate surface area is 169 Å². The number of anilines is 1. The molecule has 0 aliphatic heterocycles. The summed E-state index contributed by atoms with van der Waals surface area (Å²) in [5.41, 5.74) is 1.52. The van der Waals surface area contributed by atoms with E-state index < -0.39 is 12.5 Å². The highest BCUT2D eigenvalue weighted by molar-refractivity contribution is 7.99. The number of aromatic nitrogens is 2. The standard InChI is InChI=1S/C20H18F2N4O2S/c21-19(22)26-16-8-4-3-7-15(16)25-20(26)29-11-17(27)24-14-6-2-1-5-13(14)18(28)23-12-9-10-12/h1-8,12,19H,9-11H2,(H,23,28)(H,24,27). The molecule has 1 aliphatic rings. The fourth-order valence-corrected chi connectivity index (χ4v) is 3.72. The van der Waals surface area contributed by atoms with E-state index in [0.29, 0.717) is 22.3 Å². The van der Waals surface area contributed by atoms with Crippen molar-refractivity contribution < 1.29 is 18.4 Å². The smallest absolute Gasteiger partial charge is 0.321 e. The van der Waals surface area contributed by atoms with Gasteiger partial charge < -0.3 is 10.6 Å². The Hall–Kier alpha value is -2.94. The lowest BCUT2D eigenvalue weighted by molar-refractivity contribution is -0.113. The maximum absolute atomic E-state index is 13.5. The first-order chi connectivity index (χ1) is 14.0. The van der Waals surface area contributed by atoms with E-state index in [1.807, 2.05) is 0 Å². The quantitative estimate of drug-likeness (QED) is 0.570. The number of nitrogens with zero attached hydrogens (tertiary/aromatic N) is 2. The normalized spacial score (nSPS) is 13.6. The van der Waals surface area contributed by atoms with E-state index in [9.17, 15) is 18.4 Å². The second-order valence-corrected chi connectivity index (χ2v) is 7.60. The number of fused-ring (bicyclic) bond motifs is 1. The molecular weight excluding hydrogens is 398 g/mol. The number of hydrogen-bond donors (Lipinski definition) is 2. The van der Waals surface area contributed by atoms with E-state index in [1.165, 1.54) is 0 Å². The molecule has 29 heavy (non-hydrogen) atoms. The molecule has 2 aromatic carbocycles. The Morgan fingerprint density at radius 2 is 1.86 bits per heavy atom. The number of nitrogens with one attached hydrogen (secondary N) is 2. The summed E-state index contributed by atoms with van der Waals surface area (Å²) < 4.78 is 27.8. The molecule has 0 bridgehead atoms. The highest BCUT2D eigenvalue weighted by Crippen LogP contribution is 2.29. The van der Waals surface area contributed by atoms with Gasteiger partial charge in [-0.1, -0.05) is 36.0 Å². The Morgan fingerprint density at radius 3 is 2.62 bits per heavy atom. The number of hydrogen-bond acceptors (Lipinski definition) is 4. The van der Waals surface area contributed by atoms with Crippen molar-refractivity contribution in [2.24, 2.45) is 0 Å². The molecule has 1 aliphatic carbocycles. The lowest BCUT2D eigenvalue weighted by Gasteiger charge is -2.11. The number of alkyl halides is 2. The fraction of sp³-hybridized carbons (Fsp3) is 0.250. The monoisotopic (exact) mass is 416 g/mol. The van der Waals surface area contributed by atoms with Gasteiger partial charge in [0.25, 0.3) is 5.91 Å². The van der Waals surface area contributed by atoms with Gasteiger partial charge in [-0.25, -0.2) is 4.98 Å². The Bertz CT molecular complexity index is 1070. The predicted molar refractivity (Wildman–Crippen MR) is 107 cm³/mol. The fourth-order valence-electron chi connectivity index (χ4n) is 2.91. The first kappa shape index (κ1) is 19.4. The van der Waals surface area contributed by atoms with Gasteiger partial charge in [-0.05, 0) is 37.1 Å². The molecule has 1 saturated carbocycles. The van der Waals surface area contributed by atoms with Gasteiger partial charge >= 0.3 is 6.55 Å². The second kappa shape index (κ2) is 8.20. The molecule has 0 atom stereocenters. The molecule has 2 N–H and O–H groups in total. The van der Waals surface area contributed by atoms with Gasteiger partial charge in [-0.3, -0.25) is 14.2 Å². The molecule has 1 heterocycles. The van der Waals surface area contributed by atoms with Crippen molar-refractivity contribution in [3.05, 3.63) is 54.1 Å². The average molecular weight is 416 g/mol. The molecule has 0 radical (unpaired) electrons. The van der Waals surface area contributed by atoms with Gasteiger partial charge in [0.1, 0.15) is 0 Å². The number of para-hydroxylation sites is 3. The van der Waals surface area contributed by atoms with Crippen molar-refractivity contribution in [3.8, 4) is 0 Å². The van der Waals surface area contributed by atoms with Crippen LogP contribution in [-0.4, -0.2) is 33.2 Å². The van der Waals surface area contributed by atoms with Crippen LogP contribution in [0.1, 0.15) is 29.7 Å². The number of imidazole rings is 1. The molecule has 1 fully saturated rings. The number of thioether (sulfide) groups is 1. The van der Waals surface area contributed by atoms with Gasteiger partial charge in [0.15, 0.2) is 5.16 Å². The molecule has 2 amide bonds. The third kappa shape index (κ3) is 4.40. The zero-order chi connectivity index (χ0) is 20.4. The Morgan fingerprint density at radius 1 is 1.14 bits per heavy atom. The summed E-state index contributed by atoms with van der Waals surface area (Å²) in [5, 5.41) is 5.64. The van der Waals surface area contributed by atoms with E-state index >= 15 is 0 Å². The van der Waals surface area contributed by atoms with E-state index in [1.54, 1.807) is 48.5 Å². The highest BCUT2D eigenvalue weighted by Gasteiger charge is 2.25. The van der Waals surface area contributed by atoms with Gasteiger partial charge in [0, 0.05) is 6.04 Å². The van der Waals surface area contributed by atoms with Crippen LogP contribution in [0.15, 0.2) is 53.7 Å². The van der Waals surface area contributed by atoms with Gasteiger partial charge in [0.05, 0.1) is 28.0 Å². The summed E-state index contributed by atoms with van der Waals surface area (Å²) in [5.74, 6) is -0.765. The van der Waals surface area contributed by atoms with Crippen LogP contribution in [0.2, 0.25) is 0 Å². The van der Waals surface area contributed by atoms with Crippen LogP contribution in [0, 0.1) is 0 Å². The molecule has 9 heteroatoms. The van der Waals surface area contributed by atoms with Crippen molar-refractivity contribution in [2.75, 3.05) is 11.1 Å². The summed E-state index contributed by atoms with van der Waals surface area (Å²) in [6, 6.07) is 13.5. The van der Waals surface area contributed by atoms with E-state index in [0.717, 1.165) is 29.2 Å². The van der Waals surface area contributed by atoms with E-state index in [-0.39, 0.29) is 22.9 Å². The number of carbonyl (C=O) groups excluding carboxylic acids is 2. The highest BCUT2D eigenvalue weighted by atomic mass is 32.2. The van der Waals surface area contributed by atoms with Crippen LogP contribution < -0.4 is 10.6 Å². The van der Waals surface area contributed by atoms with Crippen molar-refractivity contribution in [3.63, 3.8) is 0 Å². The van der Waals surface area contributed by atoms with Crippen LogP contribution in [0.5, 0.6) is 0 Å². The van der Waals surface area contributed by atoms with Crippen LogP contribution in [-0.2, 0) is 4.79 Å². The summed E-state index contributed by atoms with van der Waals surface area (Å²) >= 11 is 0.923. The van der Waals surface area contributed by atoms with Crippen LogP contribution in [0.3, 0.4) is 0 Å². The second-order valence-electron chi connectivity index (χ2n) is 6.66.